The molecular formula is C17H24N2O3. The number of rotatable bonds is 5. The van der Waals surface area contributed by atoms with Crippen LogP contribution in [-0.2, 0) is 9.53 Å². The van der Waals surface area contributed by atoms with Crippen molar-refractivity contribution < 1.29 is 14.3 Å². The summed E-state index contributed by atoms with van der Waals surface area (Å²) in [6.07, 6.45) is 6.54. The van der Waals surface area contributed by atoms with E-state index in [0.717, 1.165) is 12.8 Å². The molecule has 1 aliphatic carbocycles. The van der Waals surface area contributed by atoms with E-state index in [1.54, 1.807) is 24.3 Å². The van der Waals surface area contributed by atoms with Gasteiger partial charge in [-0.15, -0.1) is 0 Å². The van der Waals surface area contributed by atoms with Gasteiger partial charge in [0.25, 0.3) is 5.91 Å². The summed E-state index contributed by atoms with van der Waals surface area (Å²) in [5.74, 6) is -0.176. The van der Waals surface area contributed by atoms with Crippen LogP contribution in [0.25, 0.3) is 0 Å². The maximum atomic E-state index is 12.3. The number of nitrogens with two attached hydrogens (primary N) is 1. The molecule has 5 nitrogen and oxygen atoms in total. The summed E-state index contributed by atoms with van der Waals surface area (Å²) in [5, 5.41) is 2.80. The normalized spacial score (nSPS) is 16.8. The lowest BCUT2D eigenvalue weighted by Crippen LogP contribution is -2.43. The molecular weight excluding hydrogens is 280 g/mol. The van der Waals surface area contributed by atoms with Gasteiger partial charge in [-0.25, -0.2) is 4.79 Å². The van der Waals surface area contributed by atoms with Crippen LogP contribution in [-0.4, -0.2) is 25.0 Å². The predicted octanol–water partition coefficient (Wildman–Crippen LogP) is 2.51. The molecule has 0 saturated heterocycles. The maximum Gasteiger partial charge on any atom is 0.328 e. The number of hydrogen-bond donors (Lipinski definition) is 2. The Morgan fingerprint density at radius 3 is 2.45 bits per heavy atom. The fourth-order valence-electron chi connectivity index (χ4n) is 2.99. The van der Waals surface area contributed by atoms with Crippen molar-refractivity contribution in [2.75, 3.05) is 12.8 Å². The van der Waals surface area contributed by atoms with E-state index < -0.39 is 6.04 Å². The molecule has 3 N–H and O–H groups in total. The summed E-state index contributed by atoms with van der Waals surface area (Å²) in [6.45, 7) is 0. The summed E-state index contributed by atoms with van der Waals surface area (Å²) < 4.78 is 4.84. The highest BCUT2D eigenvalue weighted by molar-refractivity contribution is 5.97. The number of esters is 1. The first-order chi connectivity index (χ1) is 10.6. The molecule has 120 valence electrons. The molecule has 1 aromatic rings. The summed E-state index contributed by atoms with van der Waals surface area (Å²) >= 11 is 0. The maximum absolute atomic E-state index is 12.3. The molecule has 0 heterocycles. The molecule has 1 aromatic carbocycles. The zero-order chi connectivity index (χ0) is 15.9. The Hall–Kier alpha value is -2.04. The van der Waals surface area contributed by atoms with E-state index in [4.69, 9.17) is 10.5 Å². The van der Waals surface area contributed by atoms with Crippen molar-refractivity contribution in [1.82, 2.24) is 5.32 Å². The molecule has 5 heteroatoms. The van der Waals surface area contributed by atoms with E-state index in [9.17, 15) is 9.59 Å². The van der Waals surface area contributed by atoms with Crippen LogP contribution in [0, 0.1) is 5.92 Å². The van der Waals surface area contributed by atoms with Gasteiger partial charge in [0.05, 0.1) is 7.11 Å². The van der Waals surface area contributed by atoms with E-state index in [2.05, 4.69) is 5.32 Å². The lowest BCUT2D eigenvalue weighted by atomic mass is 9.85. The number of nitrogen functional groups attached to an aromatic ring is 1. The van der Waals surface area contributed by atoms with Crippen LogP contribution in [0.3, 0.4) is 0 Å². The second kappa shape index (κ2) is 7.82. The number of benzene rings is 1. The average molecular weight is 304 g/mol. The number of nitrogens with one attached hydrogen (secondary N) is 1. The van der Waals surface area contributed by atoms with Crippen LogP contribution in [0.15, 0.2) is 24.3 Å². The highest BCUT2D eigenvalue weighted by Crippen LogP contribution is 2.27. The van der Waals surface area contributed by atoms with Gasteiger partial charge < -0.3 is 15.8 Å². The predicted molar refractivity (Wildman–Crippen MR) is 85.3 cm³/mol. The third kappa shape index (κ3) is 4.48. The van der Waals surface area contributed by atoms with Gasteiger partial charge in [-0.1, -0.05) is 32.1 Å². The molecule has 1 aliphatic rings. The molecule has 2 rings (SSSR count). The average Bonchev–Trinajstić information content (AvgIpc) is 2.55. The summed E-state index contributed by atoms with van der Waals surface area (Å²) in [5.41, 5.74) is 6.71. The van der Waals surface area contributed by atoms with Gasteiger partial charge in [-0.3, -0.25) is 4.79 Å². The first-order valence-electron chi connectivity index (χ1n) is 7.84. The first-order valence-corrected chi connectivity index (χ1v) is 7.84. The molecule has 0 spiro atoms. The smallest absolute Gasteiger partial charge is 0.328 e. The van der Waals surface area contributed by atoms with Crippen LogP contribution < -0.4 is 11.1 Å². The molecule has 1 atom stereocenters. The van der Waals surface area contributed by atoms with Gasteiger partial charge in [0.1, 0.15) is 6.04 Å². The number of methoxy groups -OCH3 is 1. The molecule has 1 amide bonds. The minimum atomic E-state index is -0.585. The molecule has 1 fully saturated rings. The number of carbonyl (C=O) groups is 2. The van der Waals surface area contributed by atoms with Crippen molar-refractivity contribution in [3.8, 4) is 0 Å². The number of anilines is 1. The number of amides is 1. The van der Waals surface area contributed by atoms with Crippen molar-refractivity contribution >= 4 is 17.6 Å². The SMILES string of the molecule is COC(=O)[C@H](CC1CCCCC1)NC(=O)c1ccc(N)cc1. The van der Waals surface area contributed by atoms with Gasteiger partial charge in [0.2, 0.25) is 0 Å². The second-order valence-electron chi connectivity index (χ2n) is 5.91. The Labute approximate surface area is 131 Å². The van der Waals surface area contributed by atoms with Gasteiger partial charge in [0.15, 0.2) is 0 Å². The fourth-order valence-corrected chi connectivity index (χ4v) is 2.99. The lowest BCUT2D eigenvalue weighted by Gasteiger charge is -2.25. The number of carbonyl (C=O) groups excluding carboxylic acids is 2. The van der Waals surface area contributed by atoms with Crippen LogP contribution in [0.5, 0.6) is 0 Å². The van der Waals surface area contributed by atoms with Gasteiger partial charge in [-0.2, -0.15) is 0 Å². The van der Waals surface area contributed by atoms with E-state index >= 15 is 0 Å². The molecule has 0 aliphatic heterocycles. The largest absolute Gasteiger partial charge is 0.467 e. The quantitative estimate of drug-likeness (QED) is 0.647. The molecule has 0 bridgehead atoms. The summed E-state index contributed by atoms with van der Waals surface area (Å²) in [6, 6.07) is 6.06. The molecule has 0 radical (unpaired) electrons. The zero-order valence-electron chi connectivity index (χ0n) is 13.0. The number of hydrogen-bond acceptors (Lipinski definition) is 4. The Bertz CT molecular complexity index is 507. The van der Waals surface area contributed by atoms with E-state index in [0.29, 0.717) is 23.6 Å². The first kappa shape index (κ1) is 16.3. The van der Waals surface area contributed by atoms with Gasteiger partial charge >= 0.3 is 5.97 Å². The van der Waals surface area contributed by atoms with Gasteiger partial charge in [-0.05, 0) is 36.6 Å². The van der Waals surface area contributed by atoms with E-state index in [-0.39, 0.29) is 11.9 Å². The van der Waals surface area contributed by atoms with Crippen molar-refractivity contribution in [1.29, 1.82) is 0 Å². The van der Waals surface area contributed by atoms with Gasteiger partial charge in [0, 0.05) is 11.3 Å². The standard InChI is InChI=1S/C17H24N2O3/c1-22-17(21)15(11-12-5-3-2-4-6-12)19-16(20)13-7-9-14(18)10-8-13/h7-10,12,15H,2-6,11,18H2,1H3,(H,19,20)/t15-/m0/s1. The van der Waals surface area contributed by atoms with Crippen LogP contribution in [0.2, 0.25) is 0 Å². The topological polar surface area (TPSA) is 81.4 Å². The Morgan fingerprint density at radius 1 is 1.23 bits per heavy atom. The second-order valence-corrected chi connectivity index (χ2v) is 5.91. The monoisotopic (exact) mass is 304 g/mol. The summed E-state index contributed by atoms with van der Waals surface area (Å²) in [4.78, 5) is 24.2. The van der Waals surface area contributed by atoms with Crippen molar-refractivity contribution in [2.45, 2.75) is 44.6 Å². The fraction of sp³-hybridized carbons (Fsp3) is 0.529. The highest BCUT2D eigenvalue weighted by Gasteiger charge is 2.26. The van der Waals surface area contributed by atoms with Crippen LogP contribution in [0.1, 0.15) is 48.9 Å². The minimum absolute atomic E-state index is 0.272. The van der Waals surface area contributed by atoms with Crippen molar-refractivity contribution in [3.05, 3.63) is 29.8 Å². The molecule has 1 saturated carbocycles. The third-order valence-corrected chi connectivity index (χ3v) is 4.26. The third-order valence-electron chi connectivity index (χ3n) is 4.26. The van der Waals surface area contributed by atoms with Crippen molar-refractivity contribution in [3.63, 3.8) is 0 Å². The highest BCUT2D eigenvalue weighted by atomic mass is 16.5. The minimum Gasteiger partial charge on any atom is -0.467 e. The van der Waals surface area contributed by atoms with Crippen LogP contribution >= 0.6 is 0 Å². The van der Waals surface area contributed by atoms with E-state index in [1.807, 2.05) is 0 Å². The Kier molecular flexibility index (Phi) is 5.81. The lowest BCUT2D eigenvalue weighted by molar-refractivity contribution is -0.143. The Morgan fingerprint density at radius 2 is 1.86 bits per heavy atom. The summed E-state index contributed by atoms with van der Waals surface area (Å²) in [7, 11) is 1.35. The molecule has 0 unspecified atom stereocenters. The van der Waals surface area contributed by atoms with E-state index in [1.165, 1.54) is 26.4 Å². The van der Waals surface area contributed by atoms with Crippen molar-refractivity contribution in [2.24, 2.45) is 5.92 Å². The molecule has 22 heavy (non-hydrogen) atoms. The number of ether oxygens (including phenoxy) is 1. The zero-order valence-corrected chi connectivity index (χ0v) is 13.0. The van der Waals surface area contributed by atoms with Crippen LogP contribution in [0.4, 0.5) is 5.69 Å². The Balaban J connectivity index is 2.00. The molecule has 0 aromatic heterocycles.